The highest BCUT2D eigenvalue weighted by atomic mass is 16.4. The first-order chi connectivity index (χ1) is 9.99. The van der Waals surface area contributed by atoms with Crippen LogP contribution >= 0.6 is 0 Å². The normalized spacial score (nSPS) is 12.6. The minimum Gasteiger partial charge on any atom is -0.406 e. The molecule has 0 saturated carbocycles. The van der Waals surface area contributed by atoms with Crippen LogP contribution in [0.2, 0.25) is 0 Å². The van der Waals surface area contributed by atoms with Crippen LogP contribution in [-0.2, 0) is 9.59 Å². The predicted molar refractivity (Wildman–Crippen MR) is 80.6 cm³/mol. The Morgan fingerprint density at radius 3 is 2.33 bits per heavy atom. The number of rotatable bonds is 7. The summed E-state index contributed by atoms with van der Waals surface area (Å²) >= 11 is 0. The van der Waals surface area contributed by atoms with E-state index in [2.05, 4.69) is 34.7 Å². The lowest BCUT2D eigenvalue weighted by molar-refractivity contribution is -0.114. The van der Waals surface area contributed by atoms with Crippen molar-refractivity contribution in [1.29, 1.82) is 0 Å². The zero-order valence-corrected chi connectivity index (χ0v) is 13.5. The molecule has 1 heterocycles. The van der Waals surface area contributed by atoms with Gasteiger partial charge in [-0.05, 0) is 5.92 Å². The van der Waals surface area contributed by atoms with Crippen molar-refractivity contribution in [3.8, 4) is 0 Å². The third-order valence-corrected chi connectivity index (χ3v) is 2.95. The first-order valence-electron chi connectivity index (χ1n) is 7.30. The van der Waals surface area contributed by atoms with E-state index in [0.29, 0.717) is 6.41 Å². The summed E-state index contributed by atoms with van der Waals surface area (Å²) in [5, 5.41) is 12.5. The molecule has 1 aromatic heterocycles. The van der Waals surface area contributed by atoms with E-state index in [1.807, 2.05) is 13.8 Å². The van der Waals surface area contributed by atoms with Gasteiger partial charge in [0.05, 0.1) is 0 Å². The molecule has 2 atom stereocenters. The Hall–Kier alpha value is -1.92. The van der Waals surface area contributed by atoms with Gasteiger partial charge in [-0.3, -0.25) is 14.9 Å². The number of nitrogens with one attached hydrogen (secondary N) is 2. The van der Waals surface area contributed by atoms with E-state index in [1.54, 1.807) is 0 Å². The molecule has 0 saturated heterocycles. The molecule has 2 N–H and O–H groups in total. The summed E-state index contributed by atoms with van der Waals surface area (Å²) in [7, 11) is 0. The Morgan fingerprint density at radius 2 is 1.90 bits per heavy atom. The summed E-state index contributed by atoms with van der Waals surface area (Å²) in [4.78, 5) is 21.3. The Bertz CT molecular complexity index is 418. The Balaban J connectivity index is 0.000000885. The first kappa shape index (κ1) is 19.1. The molecule has 0 radical (unpaired) electrons. The van der Waals surface area contributed by atoms with Crippen LogP contribution in [0, 0.1) is 5.92 Å². The monoisotopic (exact) mass is 298 g/mol. The third-order valence-electron chi connectivity index (χ3n) is 2.95. The molecule has 1 rings (SSSR count). The first-order valence-corrected chi connectivity index (χ1v) is 7.30. The number of aromatic nitrogens is 2. The fourth-order valence-corrected chi connectivity index (χ4v) is 1.35. The number of hydrogen-bond donors (Lipinski definition) is 2. The highest BCUT2D eigenvalue weighted by molar-refractivity contribution is 5.86. The second-order valence-electron chi connectivity index (χ2n) is 4.77. The topological polar surface area (TPSA) is 97.1 Å². The lowest BCUT2D eigenvalue weighted by Crippen LogP contribution is -2.25. The number of carbonyl (C=O) groups excluding carboxylic acids is 2. The number of amides is 2. The molecule has 0 aliphatic rings. The van der Waals surface area contributed by atoms with E-state index >= 15 is 0 Å². The summed E-state index contributed by atoms with van der Waals surface area (Å²) in [6.45, 7) is 9.67. The highest BCUT2D eigenvalue weighted by Gasteiger charge is 2.23. The summed E-state index contributed by atoms with van der Waals surface area (Å²) in [6, 6.07) is -0.305. The van der Waals surface area contributed by atoms with Gasteiger partial charge >= 0.3 is 6.01 Å². The lowest BCUT2D eigenvalue weighted by atomic mass is 9.99. The minimum absolute atomic E-state index is 0.0357. The van der Waals surface area contributed by atoms with E-state index in [0.717, 1.165) is 6.42 Å². The van der Waals surface area contributed by atoms with Crippen molar-refractivity contribution in [3.05, 3.63) is 5.89 Å². The summed E-state index contributed by atoms with van der Waals surface area (Å²) in [6.07, 6.45) is 4.09. The van der Waals surface area contributed by atoms with Crippen LogP contribution in [0.15, 0.2) is 4.42 Å². The second kappa shape index (κ2) is 10.8. The fourth-order valence-electron chi connectivity index (χ4n) is 1.35. The van der Waals surface area contributed by atoms with Gasteiger partial charge in [0.25, 0.3) is 0 Å². The third kappa shape index (κ3) is 7.43. The molecule has 1 aromatic rings. The predicted octanol–water partition coefficient (Wildman–Crippen LogP) is 2.67. The molecule has 0 aliphatic carbocycles. The van der Waals surface area contributed by atoms with Gasteiger partial charge in [-0.1, -0.05) is 52.1 Å². The molecular formula is C14H26N4O3. The van der Waals surface area contributed by atoms with Crippen LogP contribution in [0.1, 0.15) is 65.8 Å². The summed E-state index contributed by atoms with van der Waals surface area (Å²) < 4.78 is 5.26. The Labute approximate surface area is 125 Å². The van der Waals surface area contributed by atoms with Gasteiger partial charge in [0.1, 0.15) is 6.04 Å². The number of carbonyl (C=O) groups is 2. The molecule has 0 spiro atoms. The molecule has 1 unspecified atom stereocenters. The Kier molecular flexibility index (Phi) is 9.83. The van der Waals surface area contributed by atoms with Gasteiger partial charge in [0, 0.05) is 6.92 Å². The number of anilines is 1. The van der Waals surface area contributed by atoms with Gasteiger partial charge in [0.15, 0.2) is 0 Å². The largest absolute Gasteiger partial charge is 0.406 e. The van der Waals surface area contributed by atoms with Crippen molar-refractivity contribution in [3.63, 3.8) is 0 Å². The van der Waals surface area contributed by atoms with Crippen molar-refractivity contribution in [2.24, 2.45) is 5.92 Å². The van der Waals surface area contributed by atoms with Crippen molar-refractivity contribution >= 4 is 18.3 Å². The zero-order valence-electron chi connectivity index (χ0n) is 13.5. The van der Waals surface area contributed by atoms with Crippen LogP contribution in [0.5, 0.6) is 0 Å². The average Bonchev–Trinajstić information content (AvgIpc) is 2.91. The molecule has 0 bridgehead atoms. The minimum atomic E-state index is -0.340. The molecule has 7 nitrogen and oxygen atoms in total. The van der Waals surface area contributed by atoms with Crippen molar-refractivity contribution in [2.75, 3.05) is 5.32 Å². The van der Waals surface area contributed by atoms with Crippen molar-refractivity contribution in [1.82, 2.24) is 15.5 Å². The maximum atomic E-state index is 10.8. The van der Waals surface area contributed by atoms with E-state index in [4.69, 9.17) is 4.42 Å². The highest BCUT2D eigenvalue weighted by Crippen LogP contribution is 2.23. The molecule has 0 aliphatic heterocycles. The molecule has 120 valence electrons. The number of hydrogen-bond acceptors (Lipinski definition) is 5. The van der Waals surface area contributed by atoms with Gasteiger partial charge in [-0.15, -0.1) is 5.10 Å². The molecular weight excluding hydrogens is 272 g/mol. The van der Waals surface area contributed by atoms with Crippen LogP contribution in [-0.4, -0.2) is 22.5 Å². The van der Waals surface area contributed by atoms with Gasteiger partial charge in [-0.2, -0.15) is 0 Å². The van der Waals surface area contributed by atoms with Crippen molar-refractivity contribution < 1.29 is 14.0 Å². The average molecular weight is 298 g/mol. The van der Waals surface area contributed by atoms with E-state index in [9.17, 15) is 9.59 Å². The van der Waals surface area contributed by atoms with Crippen LogP contribution < -0.4 is 10.6 Å². The van der Waals surface area contributed by atoms with Gasteiger partial charge < -0.3 is 9.73 Å². The molecule has 0 aromatic carbocycles. The van der Waals surface area contributed by atoms with E-state index < -0.39 is 0 Å². The van der Waals surface area contributed by atoms with Crippen LogP contribution in [0.3, 0.4) is 0 Å². The van der Waals surface area contributed by atoms with Crippen LogP contribution in [0.4, 0.5) is 6.01 Å². The van der Waals surface area contributed by atoms with E-state index in [-0.39, 0.29) is 29.8 Å². The molecule has 2 amide bonds. The molecule has 7 heteroatoms. The van der Waals surface area contributed by atoms with Crippen LogP contribution in [0.25, 0.3) is 0 Å². The SMILES string of the molecule is CCC(C)[C@H](NC=O)c1nnc(NC(C)=O)o1.CCCC. The van der Waals surface area contributed by atoms with Crippen molar-refractivity contribution in [2.45, 2.75) is 59.9 Å². The summed E-state index contributed by atoms with van der Waals surface area (Å²) in [5.74, 6) is 0.157. The summed E-state index contributed by atoms with van der Waals surface area (Å²) in [5.41, 5.74) is 0. The maximum absolute atomic E-state index is 10.8. The quantitative estimate of drug-likeness (QED) is 0.754. The molecule has 0 fully saturated rings. The zero-order chi connectivity index (χ0) is 16.3. The standard InChI is InChI=1S/C10H16N4O3.C4H10/c1-4-6(2)8(11-5-15)9-13-14-10(17-9)12-7(3)16;1-3-4-2/h5-6,8H,4H2,1-3H3,(H,11,15)(H,12,14,16);3-4H2,1-2H3/t6?,8-;/m0./s1. The smallest absolute Gasteiger partial charge is 0.322 e. The van der Waals surface area contributed by atoms with E-state index in [1.165, 1.54) is 19.8 Å². The van der Waals surface area contributed by atoms with Gasteiger partial charge in [-0.25, -0.2) is 0 Å². The second-order valence-corrected chi connectivity index (χ2v) is 4.77. The Morgan fingerprint density at radius 1 is 1.29 bits per heavy atom. The van der Waals surface area contributed by atoms with Gasteiger partial charge in [0.2, 0.25) is 18.2 Å². The maximum Gasteiger partial charge on any atom is 0.322 e. The fraction of sp³-hybridized carbons (Fsp3) is 0.714. The molecule has 21 heavy (non-hydrogen) atoms. The lowest BCUT2D eigenvalue weighted by Gasteiger charge is -2.17. The number of unbranched alkanes of at least 4 members (excludes halogenated alkanes) is 1. The number of nitrogens with zero attached hydrogens (tertiary/aromatic N) is 2.